The van der Waals surface area contributed by atoms with Crippen LogP contribution in [-0.4, -0.2) is 21.8 Å². The van der Waals surface area contributed by atoms with Crippen LogP contribution in [0.15, 0.2) is 17.7 Å². The summed E-state index contributed by atoms with van der Waals surface area (Å²) >= 11 is 0. The fourth-order valence-electron chi connectivity index (χ4n) is 4.41. The molecule has 1 aliphatic heterocycles. The van der Waals surface area contributed by atoms with Crippen LogP contribution < -0.4 is 4.74 Å². The van der Waals surface area contributed by atoms with E-state index in [9.17, 15) is 15.0 Å². The van der Waals surface area contributed by atoms with E-state index in [0.29, 0.717) is 23.3 Å². The zero-order chi connectivity index (χ0) is 18.4. The van der Waals surface area contributed by atoms with Crippen LogP contribution in [0.2, 0.25) is 0 Å². The number of aryl methyl sites for hydroxylation is 1. The number of fused-ring (bicyclic) bond motifs is 3. The van der Waals surface area contributed by atoms with Crippen molar-refractivity contribution in [1.82, 2.24) is 0 Å². The number of carboxylic acids is 1. The van der Waals surface area contributed by atoms with Crippen LogP contribution >= 0.6 is 0 Å². The number of allylic oxidation sites excluding steroid dienone is 2. The summed E-state index contributed by atoms with van der Waals surface area (Å²) in [6.07, 6.45) is 6.67. The summed E-state index contributed by atoms with van der Waals surface area (Å²) in [6, 6.07) is 1.85. The number of hydrogen-bond donors (Lipinski definition) is 2. The smallest absolute Gasteiger partial charge is 0.339 e. The first-order chi connectivity index (χ1) is 11.8. The highest BCUT2D eigenvalue weighted by molar-refractivity contribution is 5.94. The van der Waals surface area contributed by atoms with E-state index in [0.717, 1.165) is 25.7 Å². The summed E-state index contributed by atoms with van der Waals surface area (Å²) in [4.78, 5) is 11.8. The van der Waals surface area contributed by atoms with Gasteiger partial charge in [-0.15, -0.1) is 0 Å². The van der Waals surface area contributed by atoms with Gasteiger partial charge in [0.05, 0.1) is 0 Å². The minimum absolute atomic E-state index is 0.00539. The Kier molecular flexibility index (Phi) is 4.56. The van der Waals surface area contributed by atoms with Crippen LogP contribution in [0.1, 0.15) is 80.8 Å². The van der Waals surface area contributed by atoms with Gasteiger partial charge in [-0.3, -0.25) is 0 Å². The zero-order valence-electron chi connectivity index (χ0n) is 15.6. The molecule has 0 aromatic heterocycles. The van der Waals surface area contributed by atoms with Gasteiger partial charge in [0, 0.05) is 17.4 Å². The highest BCUT2D eigenvalue weighted by Gasteiger charge is 2.46. The minimum Gasteiger partial charge on any atom is -0.507 e. The molecule has 0 amide bonds. The number of phenols is 1. The summed E-state index contributed by atoms with van der Waals surface area (Å²) in [5.74, 6) is -0.286. The van der Waals surface area contributed by atoms with Gasteiger partial charge in [0.25, 0.3) is 0 Å². The maximum Gasteiger partial charge on any atom is 0.339 e. The predicted molar refractivity (Wildman–Crippen MR) is 97.6 cm³/mol. The van der Waals surface area contributed by atoms with Crippen molar-refractivity contribution in [3.8, 4) is 11.5 Å². The van der Waals surface area contributed by atoms with Crippen molar-refractivity contribution < 1.29 is 19.7 Å². The molecule has 2 unspecified atom stereocenters. The highest BCUT2D eigenvalue weighted by atomic mass is 16.5. The van der Waals surface area contributed by atoms with E-state index in [1.54, 1.807) is 0 Å². The highest BCUT2D eigenvalue weighted by Crippen LogP contribution is 2.54. The fourth-order valence-corrected chi connectivity index (χ4v) is 4.41. The number of unbranched alkanes of at least 4 members (excludes halogenated alkanes) is 1. The van der Waals surface area contributed by atoms with Gasteiger partial charge in [0.15, 0.2) is 0 Å². The summed E-state index contributed by atoms with van der Waals surface area (Å²) in [7, 11) is 0. The lowest BCUT2D eigenvalue weighted by molar-refractivity contribution is 0.0106. The number of rotatable bonds is 4. The first kappa shape index (κ1) is 17.8. The number of carbonyl (C=O) groups is 1. The molecule has 0 saturated carbocycles. The molecule has 1 aromatic rings. The Bertz CT molecular complexity index is 730. The van der Waals surface area contributed by atoms with Crippen LogP contribution in [0.25, 0.3) is 0 Å². The van der Waals surface area contributed by atoms with Gasteiger partial charge in [-0.25, -0.2) is 4.79 Å². The minimum atomic E-state index is -1.07. The molecule has 0 saturated heterocycles. The molecular weight excluding hydrogens is 316 g/mol. The maximum absolute atomic E-state index is 11.8. The second kappa shape index (κ2) is 6.40. The molecular formula is C21H28O4. The molecule has 2 aliphatic rings. The molecule has 4 heteroatoms. The van der Waals surface area contributed by atoms with E-state index in [1.165, 1.54) is 5.57 Å². The lowest BCUT2D eigenvalue weighted by atomic mass is 9.67. The summed E-state index contributed by atoms with van der Waals surface area (Å²) in [5, 5.41) is 20.6. The molecule has 1 aromatic carbocycles. The molecule has 1 aliphatic carbocycles. The quantitative estimate of drug-likeness (QED) is 0.751. The molecule has 2 atom stereocenters. The normalized spacial score (nSPS) is 23.9. The molecule has 25 heavy (non-hydrogen) atoms. The van der Waals surface area contributed by atoms with Gasteiger partial charge in [-0.1, -0.05) is 25.0 Å². The largest absolute Gasteiger partial charge is 0.507 e. The Morgan fingerprint density at radius 2 is 2.12 bits per heavy atom. The Balaban J connectivity index is 2.21. The molecule has 136 valence electrons. The molecule has 3 rings (SSSR count). The van der Waals surface area contributed by atoms with Crippen molar-refractivity contribution in [2.45, 2.75) is 71.3 Å². The van der Waals surface area contributed by atoms with Gasteiger partial charge in [0.1, 0.15) is 22.7 Å². The number of benzene rings is 1. The van der Waals surface area contributed by atoms with E-state index in [2.05, 4.69) is 33.8 Å². The van der Waals surface area contributed by atoms with Crippen LogP contribution in [0.3, 0.4) is 0 Å². The Labute approximate surface area is 149 Å². The average Bonchev–Trinajstić information content (AvgIpc) is 2.51. The van der Waals surface area contributed by atoms with Gasteiger partial charge in [-0.2, -0.15) is 0 Å². The monoisotopic (exact) mass is 344 g/mol. The van der Waals surface area contributed by atoms with Gasteiger partial charge in [0.2, 0.25) is 0 Å². The fraction of sp³-hybridized carbons (Fsp3) is 0.571. The molecule has 0 bridgehead atoms. The van der Waals surface area contributed by atoms with Crippen molar-refractivity contribution in [1.29, 1.82) is 0 Å². The first-order valence-electron chi connectivity index (χ1n) is 9.24. The SMILES string of the molecule is CCCCc1cc2c(c(O)c1C(=O)O)C1C=C(C)CCC1C(C)(C)O2. The number of aromatic hydroxyl groups is 1. The van der Waals surface area contributed by atoms with Crippen LogP contribution in [-0.2, 0) is 6.42 Å². The van der Waals surface area contributed by atoms with Crippen molar-refractivity contribution in [2.75, 3.05) is 0 Å². The summed E-state index contributed by atoms with van der Waals surface area (Å²) in [6.45, 7) is 8.35. The van der Waals surface area contributed by atoms with E-state index >= 15 is 0 Å². The third kappa shape index (κ3) is 3.03. The van der Waals surface area contributed by atoms with Crippen LogP contribution in [0, 0.1) is 5.92 Å². The number of hydrogen-bond acceptors (Lipinski definition) is 3. The van der Waals surface area contributed by atoms with E-state index in [1.807, 2.05) is 6.07 Å². The van der Waals surface area contributed by atoms with Gasteiger partial charge >= 0.3 is 5.97 Å². The molecule has 1 heterocycles. The topological polar surface area (TPSA) is 66.8 Å². The Morgan fingerprint density at radius 3 is 2.76 bits per heavy atom. The van der Waals surface area contributed by atoms with Gasteiger partial charge < -0.3 is 14.9 Å². The maximum atomic E-state index is 11.8. The van der Waals surface area contributed by atoms with Crippen molar-refractivity contribution >= 4 is 5.97 Å². The van der Waals surface area contributed by atoms with E-state index < -0.39 is 5.97 Å². The first-order valence-corrected chi connectivity index (χ1v) is 9.24. The second-order valence-corrected chi connectivity index (χ2v) is 7.97. The van der Waals surface area contributed by atoms with Crippen LogP contribution in [0.5, 0.6) is 11.5 Å². The third-order valence-corrected chi connectivity index (χ3v) is 5.74. The molecule has 0 fully saturated rings. The van der Waals surface area contributed by atoms with E-state index in [4.69, 9.17) is 4.74 Å². The molecule has 0 spiro atoms. The van der Waals surface area contributed by atoms with Gasteiger partial charge in [-0.05, 0) is 58.1 Å². The van der Waals surface area contributed by atoms with Crippen molar-refractivity contribution in [2.24, 2.45) is 5.92 Å². The third-order valence-electron chi connectivity index (χ3n) is 5.74. The second-order valence-electron chi connectivity index (χ2n) is 7.97. The lowest BCUT2D eigenvalue weighted by Crippen LogP contribution is -2.45. The average molecular weight is 344 g/mol. The number of carboxylic acid groups (broad SMARTS) is 1. The standard InChI is InChI=1S/C21H28O4/c1-5-6-7-13-11-16-18(19(22)17(13)20(23)24)14-10-12(2)8-9-15(14)21(3,4)25-16/h10-11,14-15,22H,5-9H2,1-4H3,(H,23,24). The summed E-state index contributed by atoms with van der Waals surface area (Å²) < 4.78 is 6.28. The molecule has 2 N–H and O–H groups in total. The lowest BCUT2D eigenvalue weighted by Gasteiger charge is -2.46. The number of ether oxygens (including phenoxy) is 1. The van der Waals surface area contributed by atoms with Crippen LogP contribution in [0.4, 0.5) is 0 Å². The van der Waals surface area contributed by atoms with Crippen molar-refractivity contribution in [3.63, 3.8) is 0 Å². The Hall–Kier alpha value is -1.97. The molecule has 0 radical (unpaired) electrons. The molecule has 4 nitrogen and oxygen atoms in total. The van der Waals surface area contributed by atoms with Crippen molar-refractivity contribution in [3.05, 3.63) is 34.4 Å². The Morgan fingerprint density at radius 1 is 1.40 bits per heavy atom. The summed E-state index contributed by atoms with van der Waals surface area (Å²) in [5.41, 5.74) is 2.31. The predicted octanol–water partition coefficient (Wildman–Crippen LogP) is 5.04. The van der Waals surface area contributed by atoms with E-state index in [-0.39, 0.29) is 28.7 Å². The number of aromatic carboxylic acids is 1. The zero-order valence-corrected chi connectivity index (χ0v) is 15.6.